The average Bonchev–Trinajstić information content (AvgIpc) is 2.49. The van der Waals surface area contributed by atoms with E-state index in [1.165, 1.54) is 24.3 Å². The van der Waals surface area contributed by atoms with Gasteiger partial charge in [0, 0.05) is 11.1 Å². The Kier molecular flexibility index (Phi) is 4.74. The number of amidine groups is 1. The molecule has 0 unspecified atom stereocenters. The van der Waals surface area contributed by atoms with Gasteiger partial charge in [0.05, 0.1) is 4.47 Å². The van der Waals surface area contributed by atoms with Gasteiger partial charge in [-0.1, -0.05) is 17.3 Å². The zero-order chi connectivity index (χ0) is 15.4. The van der Waals surface area contributed by atoms with Gasteiger partial charge in [0.2, 0.25) is 0 Å². The summed E-state index contributed by atoms with van der Waals surface area (Å²) in [4.78, 5) is 0. The first-order valence-electron chi connectivity index (χ1n) is 5.86. The van der Waals surface area contributed by atoms with Crippen LogP contribution in [0.4, 0.5) is 8.78 Å². The molecular formula is C14H11BrF2N2O2. The van der Waals surface area contributed by atoms with Crippen molar-refractivity contribution in [3.8, 4) is 5.75 Å². The Hall–Kier alpha value is -2.15. The second kappa shape index (κ2) is 6.53. The van der Waals surface area contributed by atoms with Gasteiger partial charge in [-0.3, -0.25) is 0 Å². The number of benzene rings is 2. The molecule has 110 valence electrons. The molecule has 0 aliphatic heterocycles. The van der Waals surface area contributed by atoms with E-state index in [1.807, 2.05) is 0 Å². The van der Waals surface area contributed by atoms with Crippen molar-refractivity contribution in [1.29, 1.82) is 0 Å². The van der Waals surface area contributed by atoms with E-state index in [2.05, 4.69) is 21.1 Å². The van der Waals surface area contributed by atoms with Gasteiger partial charge in [-0.25, -0.2) is 8.78 Å². The van der Waals surface area contributed by atoms with E-state index in [9.17, 15) is 8.78 Å². The van der Waals surface area contributed by atoms with E-state index in [4.69, 9.17) is 15.7 Å². The lowest BCUT2D eigenvalue weighted by molar-refractivity contribution is 0.289. The molecule has 7 heteroatoms. The Bertz CT molecular complexity index is 693. The van der Waals surface area contributed by atoms with Crippen molar-refractivity contribution in [1.82, 2.24) is 0 Å². The molecule has 0 atom stereocenters. The molecule has 0 aromatic heterocycles. The van der Waals surface area contributed by atoms with Crippen LogP contribution in [0.15, 0.2) is 46.0 Å². The zero-order valence-electron chi connectivity index (χ0n) is 10.7. The SMILES string of the molecule is N/C(=N/O)c1ccc(OCc2cccc(F)c2Br)c(F)c1. The summed E-state index contributed by atoms with van der Waals surface area (Å²) >= 11 is 3.10. The van der Waals surface area contributed by atoms with Gasteiger partial charge in [0.25, 0.3) is 0 Å². The van der Waals surface area contributed by atoms with Gasteiger partial charge in [0.1, 0.15) is 12.4 Å². The van der Waals surface area contributed by atoms with Crippen LogP contribution >= 0.6 is 15.9 Å². The van der Waals surface area contributed by atoms with E-state index >= 15 is 0 Å². The lowest BCUT2D eigenvalue weighted by Crippen LogP contribution is -2.13. The second-order valence-corrected chi connectivity index (χ2v) is 4.93. The fraction of sp³-hybridized carbons (Fsp3) is 0.0714. The monoisotopic (exact) mass is 356 g/mol. The lowest BCUT2D eigenvalue weighted by Gasteiger charge is -2.10. The maximum absolute atomic E-state index is 13.8. The molecular weight excluding hydrogens is 346 g/mol. The highest BCUT2D eigenvalue weighted by Gasteiger charge is 2.10. The summed E-state index contributed by atoms with van der Waals surface area (Å²) in [6, 6.07) is 8.40. The Morgan fingerprint density at radius 3 is 2.67 bits per heavy atom. The van der Waals surface area contributed by atoms with Crippen LogP contribution in [-0.2, 0) is 6.61 Å². The van der Waals surface area contributed by atoms with Gasteiger partial charge in [-0.15, -0.1) is 0 Å². The summed E-state index contributed by atoms with van der Waals surface area (Å²) < 4.78 is 32.8. The van der Waals surface area contributed by atoms with Crippen LogP contribution in [0.25, 0.3) is 0 Å². The standard InChI is InChI=1S/C14H11BrF2N2O2/c15-13-9(2-1-3-10(13)16)7-21-12-5-4-8(6-11(12)17)14(18)19-20/h1-6,20H,7H2,(H2,18,19). The van der Waals surface area contributed by atoms with Crippen molar-refractivity contribution in [3.63, 3.8) is 0 Å². The Labute approximate surface area is 128 Å². The number of halogens is 3. The molecule has 4 nitrogen and oxygen atoms in total. The van der Waals surface area contributed by atoms with Crippen LogP contribution in [0.2, 0.25) is 0 Å². The van der Waals surface area contributed by atoms with Crippen LogP contribution in [-0.4, -0.2) is 11.0 Å². The third-order valence-corrected chi connectivity index (χ3v) is 3.64. The fourth-order valence-electron chi connectivity index (χ4n) is 1.65. The van der Waals surface area contributed by atoms with E-state index in [-0.39, 0.29) is 28.2 Å². The van der Waals surface area contributed by atoms with E-state index in [1.54, 1.807) is 6.07 Å². The number of oxime groups is 1. The molecule has 0 saturated heterocycles. The average molecular weight is 357 g/mol. The minimum Gasteiger partial charge on any atom is -0.486 e. The molecule has 0 amide bonds. The molecule has 0 fully saturated rings. The van der Waals surface area contributed by atoms with Gasteiger partial charge >= 0.3 is 0 Å². The molecule has 0 aliphatic rings. The van der Waals surface area contributed by atoms with Gasteiger partial charge < -0.3 is 15.7 Å². The number of ether oxygens (including phenoxy) is 1. The number of nitrogens with zero attached hydrogens (tertiary/aromatic N) is 1. The minimum atomic E-state index is -0.661. The maximum Gasteiger partial charge on any atom is 0.170 e. The number of hydrogen-bond acceptors (Lipinski definition) is 3. The fourth-order valence-corrected chi connectivity index (χ4v) is 2.03. The molecule has 0 radical (unpaired) electrons. The summed E-state index contributed by atoms with van der Waals surface area (Å²) in [7, 11) is 0. The highest BCUT2D eigenvalue weighted by atomic mass is 79.9. The first-order valence-corrected chi connectivity index (χ1v) is 6.65. The molecule has 3 N–H and O–H groups in total. The number of rotatable bonds is 4. The van der Waals surface area contributed by atoms with Crippen molar-refractivity contribution >= 4 is 21.8 Å². The molecule has 21 heavy (non-hydrogen) atoms. The summed E-state index contributed by atoms with van der Waals surface area (Å²) in [6.45, 7) is -0.00180. The highest BCUT2D eigenvalue weighted by Crippen LogP contribution is 2.24. The van der Waals surface area contributed by atoms with Crippen molar-refractivity contribution in [2.45, 2.75) is 6.61 Å². The molecule has 2 rings (SSSR count). The Morgan fingerprint density at radius 1 is 1.24 bits per heavy atom. The van der Waals surface area contributed by atoms with Gasteiger partial charge in [0.15, 0.2) is 17.4 Å². The summed E-state index contributed by atoms with van der Waals surface area (Å²) in [5.41, 5.74) is 6.14. The van der Waals surface area contributed by atoms with E-state index in [0.717, 1.165) is 6.07 Å². The van der Waals surface area contributed by atoms with E-state index in [0.29, 0.717) is 5.56 Å². The van der Waals surface area contributed by atoms with Crippen molar-refractivity contribution in [3.05, 3.63) is 63.6 Å². The molecule has 0 saturated carbocycles. The maximum atomic E-state index is 13.8. The number of nitrogens with two attached hydrogens (primary N) is 1. The Balaban J connectivity index is 2.15. The minimum absolute atomic E-state index is 0.00180. The van der Waals surface area contributed by atoms with Crippen LogP contribution in [0.5, 0.6) is 5.75 Å². The van der Waals surface area contributed by atoms with Crippen molar-refractivity contribution in [2.24, 2.45) is 10.9 Å². The highest BCUT2D eigenvalue weighted by molar-refractivity contribution is 9.10. The first-order chi connectivity index (χ1) is 10.0. The second-order valence-electron chi connectivity index (χ2n) is 4.13. The van der Waals surface area contributed by atoms with E-state index < -0.39 is 11.6 Å². The molecule has 2 aromatic rings. The normalized spacial score (nSPS) is 11.5. The third kappa shape index (κ3) is 3.49. The van der Waals surface area contributed by atoms with Gasteiger partial charge in [-0.05, 0) is 40.2 Å². The molecule has 0 aliphatic carbocycles. The molecule has 2 aromatic carbocycles. The van der Waals surface area contributed by atoms with Crippen molar-refractivity contribution in [2.75, 3.05) is 0 Å². The van der Waals surface area contributed by atoms with Crippen LogP contribution in [0, 0.1) is 11.6 Å². The predicted molar refractivity (Wildman–Crippen MR) is 77.3 cm³/mol. The summed E-state index contributed by atoms with van der Waals surface area (Å²) in [5, 5.41) is 11.3. The topological polar surface area (TPSA) is 67.8 Å². The molecule has 0 heterocycles. The number of hydrogen-bond donors (Lipinski definition) is 2. The van der Waals surface area contributed by atoms with Gasteiger partial charge in [-0.2, -0.15) is 0 Å². The van der Waals surface area contributed by atoms with Crippen LogP contribution in [0.1, 0.15) is 11.1 Å². The quantitative estimate of drug-likeness (QED) is 0.381. The smallest absolute Gasteiger partial charge is 0.170 e. The first kappa shape index (κ1) is 15.2. The Morgan fingerprint density at radius 2 is 2.00 bits per heavy atom. The largest absolute Gasteiger partial charge is 0.486 e. The zero-order valence-corrected chi connectivity index (χ0v) is 12.3. The lowest BCUT2D eigenvalue weighted by atomic mass is 10.2. The summed E-state index contributed by atoms with van der Waals surface area (Å²) in [6.07, 6.45) is 0. The molecule has 0 spiro atoms. The molecule has 0 bridgehead atoms. The van der Waals surface area contributed by atoms with Crippen molar-refractivity contribution < 1.29 is 18.7 Å². The third-order valence-electron chi connectivity index (χ3n) is 2.75. The summed E-state index contributed by atoms with van der Waals surface area (Å²) in [5.74, 6) is -1.29. The van der Waals surface area contributed by atoms with Crippen LogP contribution in [0.3, 0.4) is 0 Å². The predicted octanol–water partition coefficient (Wildman–Crippen LogP) is 3.40. The van der Waals surface area contributed by atoms with Crippen LogP contribution < -0.4 is 10.5 Å².